The highest BCUT2D eigenvalue weighted by atomic mass is 16.4. The van der Waals surface area contributed by atoms with Crippen LogP contribution in [-0.2, 0) is 15.2 Å². The maximum absolute atomic E-state index is 11.9. The molecule has 0 saturated heterocycles. The fraction of sp³-hybridized carbons (Fsp3) is 0.625. The summed E-state index contributed by atoms with van der Waals surface area (Å²) in [6, 6.07) is 3.36. The van der Waals surface area contributed by atoms with Gasteiger partial charge in [0.2, 0.25) is 0 Å². The van der Waals surface area contributed by atoms with Crippen LogP contribution in [0.2, 0.25) is 0 Å². The van der Waals surface area contributed by atoms with E-state index in [1.54, 1.807) is 12.1 Å². The van der Waals surface area contributed by atoms with Crippen LogP contribution in [0.1, 0.15) is 51.2 Å². The van der Waals surface area contributed by atoms with Crippen LogP contribution in [0.3, 0.4) is 0 Å². The molecule has 1 saturated carbocycles. The van der Waals surface area contributed by atoms with Crippen LogP contribution in [-0.4, -0.2) is 29.5 Å². The van der Waals surface area contributed by atoms with Crippen molar-refractivity contribution in [3.05, 3.63) is 24.2 Å². The van der Waals surface area contributed by atoms with E-state index >= 15 is 0 Å². The Bertz CT molecular complexity index is 488. The number of carbonyl (C=O) groups is 2. The summed E-state index contributed by atoms with van der Waals surface area (Å²) in [5.74, 6) is -1.02. The predicted molar refractivity (Wildman–Crippen MR) is 80.9 cm³/mol. The zero-order valence-electron chi connectivity index (χ0n) is 12.9. The van der Waals surface area contributed by atoms with Gasteiger partial charge < -0.3 is 20.2 Å². The standard InChI is InChI=1S/C16H24N2O4/c1-16(21,13-9-6-10-22-13)11-17-14(19)15(20)18-12-7-4-2-3-5-8-12/h6,9-10,12,21H,2-5,7-8,11H2,1H3,(H,17,19)(H,18,20). The second-order valence-electron chi connectivity index (χ2n) is 6.10. The molecule has 0 spiro atoms. The lowest BCUT2D eigenvalue weighted by Crippen LogP contribution is -2.47. The normalized spacial score (nSPS) is 19.0. The quantitative estimate of drug-likeness (QED) is 0.580. The second-order valence-corrected chi connectivity index (χ2v) is 6.10. The van der Waals surface area contributed by atoms with Crippen LogP contribution >= 0.6 is 0 Å². The summed E-state index contributed by atoms with van der Waals surface area (Å²) >= 11 is 0. The van der Waals surface area contributed by atoms with E-state index in [1.165, 1.54) is 26.0 Å². The van der Waals surface area contributed by atoms with E-state index in [9.17, 15) is 14.7 Å². The van der Waals surface area contributed by atoms with Gasteiger partial charge in [-0.3, -0.25) is 9.59 Å². The van der Waals surface area contributed by atoms with Gasteiger partial charge >= 0.3 is 11.8 Å². The molecule has 1 atom stereocenters. The molecule has 2 amide bonds. The largest absolute Gasteiger partial charge is 0.466 e. The number of nitrogens with one attached hydrogen (secondary N) is 2. The molecule has 1 heterocycles. The van der Waals surface area contributed by atoms with Gasteiger partial charge in [0.1, 0.15) is 11.4 Å². The van der Waals surface area contributed by atoms with Crippen molar-refractivity contribution in [2.24, 2.45) is 0 Å². The second kappa shape index (κ2) is 7.45. The monoisotopic (exact) mass is 308 g/mol. The molecular weight excluding hydrogens is 284 g/mol. The summed E-state index contributed by atoms with van der Waals surface area (Å²) in [6.07, 6.45) is 7.82. The fourth-order valence-electron chi connectivity index (χ4n) is 2.68. The van der Waals surface area contributed by atoms with E-state index < -0.39 is 17.4 Å². The SMILES string of the molecule is CC(O)(CNC(=O)C(=O)NC1CCCCCC1)c1ccco1. The molecule has 2 rings (SSSR count). The van der Waals surface area contributed by atoms with Gasteiger partial charge in [0.05, 0.1) is 12.8 Å². The van der Waals surface area contributed by atoms with Crippen molar-refractivity contribution >= 4 is 11.8 Å². The van der Waals surface area contributed by atoms with E-state index in [4.69, 9.17) is 4.42 Å². The van der Waals surface area contributed by atoms with Crippen molar-refractivity contribution in [1.29, 1.82) is 0 Å². The number of carbonyl (C=O) groups excluding carboxylic acids is 2. The number of amides is 2. The van der Waals surface area contributed by atoms with E-state index in [0.29, 0.717) is 5.76 Å². The third-order valence-corrected chi connectivity index (χ3v) is 4.04. The van der Waals surface area contributed by atoms with E-state index in [-0.39, 0.29) is 12.6 Å². The maximum atomic E-state index is 11.9. The first-order chi connectivity index (χ1) is 10.5. The Morgan fingerprint density at radius 2 is 1.95 bits per heavy atom. The number of hydrogen-bond acceptors (Lipinski definition) is 4. The Morgan fingerprint density at radius 1 is 1.27 bits per heavy atom. The van der Waals surface area contributed by atoms with Crippen LogP contribution in [0.15, 0.2) is 22.8 Å². The van der Waals surface area contributed by atoms with Gasteiger partial charge in [0.15, 0.2) is 0 Å². The van der Waals surface area contributed by atoms with Crippen LogP contribution < -0.4 is 10.6 Å². The Balaban J connectivity index is 1.80. The first-order valence-corrected chi connectivity index (χ1v) is 7.84. The van der Waals surface area contributed by atoms with Gasteiger partial charge in [-0.05, 0) is 31.9 Å². The lowest BCUT2D eigenvalue weighted by molar-refractivity contribution is -0.140. The molecule has 0 aromatic carbocycles. The van der Waals surface area contributed by atoms with Crippen molar-refractivity contribution < 1.29 is 19.1 Å². The first kappa shape index (κ1) is 16.5. The highest BCUT2D eigenvalue weighted by molar-refractivity contribution is 6.35. The van der Waals surface area contributed by atoms with Gasteiger partial charge in [0, 0.05) is 6.04 Å². The van der Waals surface area contributed by atoms with Crippen LogP contribution in [0, 0.1) is 0 Å². The molecule has 3 N–H and O–H groups in total. The van der Waals surface area contributed by atoms with Crippen LogP contribution in [0.25, 0.3) is 0 Å². The molecule has 6 heteroatoms. The minimum Gasteiger partial charge on any atom is -0.466 e. The molecular formula is C16H24N2O4. The number of aliphatic hydroxyl groups is 1. The minimum atomic E-state index is -1.35. The molecule has 0 aliphatic heterocycles. The molecule has 1 aliphatic carbocycles. The molecule has 0 bridgehead atoms. The van der Waals surface area contributed by atoms with Crippen molar-refractivity contribution in [2.45, 2.75) is 57.1 Å². The number of rotatable bonds is 4. The average molecular weight is 308 g/mol. The fourth-order valence-corrected chi connectivity index (χ4v) is 2.68. The molecule has 1 fully saturated rings. The van der Waals surface area contributed by atoms with E-state index in [0.717, 1.165) is 25.7 Å². The summed E-state index contributed by atoms with van der Waals surface area (Å²) in [5.41, 5.74) is -1.35. The van der Waals surface area contributed by atoms with Crippen molar-refractivity contribution in [3.8, 4) is 0 Å². The maximum Gasteiger partial charge on any atom is 0.309 e. The lowest BCUT2D eigenvalue weighted by Gasteiger charge is -2.21. The Kier molecular flexibility index (Phi) is 5.60. The molecule has 0 radical (unpaired) electrons. The molecule has 1 unspecified atom stereocenters. The molecule has 1 aromatic heterocycles. The van der Waals surface area contributed by atoms with Crippen molar-refractivity contribution in [3.63, 3.8) is 0 Å². The summed E-state index contributed by atoms with van der Waals surface area (Å²) in [6.45, 7) is 1.44. The summed E-state index contributed by atoms with van der Waals surface area (Å²) in [7, 11) is 0. The average Bonchev–Trinajstić information content (AvgIpc) is 2.92. The van der Waals surface area contributed by atoms with Crippen LogP contribution in [0.4, 0.5) is 0 Å². The van der Waals surface area contributed by atoms with Gasteiger partial charge in [-0.2, -0.15) is 0 Å². The molecule has 122 valence electrons. The molecule has 6 nitrogen and oxygen atoms in total. The summed E-state index contributed by atoms with van der Waals surface area (Å²) in [5, 5.41) is 15.5. The Morgan fingerprint density at radius 3 is 2.55 bits per heavy atom. The zero-order chi connectivity index (χ0) is 16.0. The highest BCUT2D eigenvalue weighted by Crippen LogP contribution is 2.20. The van der Waals surface area contributed by atoms with Gasteiger partial charge in [-0.15, -0.1) is 0 Å². The van der Waals surface area contributed by atoms with Gasteiger partial charge in [-0.25, -0.2) is 0 Å². The highest BCUT2D eigenvalue weighted by Gasteiger charge is 2.28. The van der Waals surface area contributed by atoms with Crippen molar-refractivity contribution in [2.75, 3.05) is 6.54 Å². The summed E-state index contributed by atoms with van der Waals surface area (Å²) in [4.78, 5) is 23.8. The zero-order valence-corrected chi connectivity index (χ0v) is 12.9. The first-order valence-electron chi connectivity index (χ1n) is 7.84. The number of furan rings is 1. The molecule has 1 aromatic rings. The summed E-state index contributed by atoms with van der Waals surface area (Å²) < 4.78 is 5.12. The third-order valence-electron chi connectivity index (χ3n) is 4.04. The minimum absolute atomic E-state index is 0.0753. The van der Waals surface area contributed by atoms with Crippen LogP contribution in [0.5, 0.6) is 0 Å². The predicted octanol–water partition coefficient (Wildman–Crippen LogP) is 1.44. The lowest BCUT2D eigenvalue weighted by atomic mass is 10.0. The topological polar surface area (TPSA) is 91.6 Å². The van der Waals surface area contributed by atoms with E-state index in [1.807, 2.05) is 0 Å². The van der Waals surface area contributed by atoms with Gasteiger partial charge in [0.25, 0.3) is 0 Å². The Hall–Kier alpha value is -1.82. The Labute approximate surface area is 130 Å². The van der Waals surface area contributed by atoms with Gasteiger partial charge in [-0.1, -0.05) is 25.7 Å². The molecule has 1 aliphatic rings. The van der Waals surface area contributed by atoms with Crippen molar-refractivity contribution in [1.82, 2.24) is 10.6 Å². The van der Waals surface area contributed by atoms with E-state index in [2.05, 4.69) is 10.6 Å². The third kappa shape index (κ3) is 4.59. The number of hydrogen-bond donors (Lipinski definition) is 3. The smallest absolute Gasteiger partial charge is 0.309 e. The molecule has 22 heavy (non-hydrogen) atoms.